The molecule has 0 saturated carbocycles. The number of benzene rings is 4. The van der Waals surface area contributed by atoms with Crippen molar-refractivity contribution >= 4 is 38.4 Å². The summed E-state index contributed by atoms with van der Waals surface area (Å²) in [5.74, 6) is 2.39. The summed E-state index contributed by atoms with van der Waals surface area (Å²) in [5, 5.41) is 14.6. The predicted octanol–water partition coefficient (Wildman–Crippen LogP) is 16.6. The second-order valence-corrected chi connectivity index (χ2v) is 19.2. The van der Waals surface area contributed by atoms with Crippen LogP contribution in [0.25, 0.3) is 55.2 Å². The van der Waals surface area contributed by atoms with Crippen LogP contribution in [0.15, 0.2) is 89.0 Å². The number of para-hydroxylation sites is 1. The molecule has 5 heteroatoms. The van der Waals surface area contributed by atoms with E-state index in [0.717, 1.165) is 70.0 Å². The van der Waals surface area contributed by atoms with Crippen molar-refractivity contribution in [2.24, 2.45) is 10.8 Å². The predicted molar refractivity (Wildman–Crippen MR) is 253 cm³/mol. The summed E-state index contributed by atoms with van der Waals surface area (Å²) >= 11 is 0. The van der Waals surface area contributed by atoms with Gasteiger partial charge in [-0.3, -0.25) is 9.78 Å². The zero-order valence-electron chi connectivity index (χ0n) is 39.1. The molecule has 323 valence electrons. The van der Waals surface area contributed by atoms with Crippen LogP contribution in [-0.4, -0.2) is 15.9 Å². The summed E-state index contributed by atoms with van der Waals surface area (Å²) in [6.07, 6.45) is 4.75. The average Bonchev–Trinajstić information content (AvgIpc) is 3.67. The largest absolute Gasteiger partial charge is 0.512 e. The van der Waals surface area contributed by atoms with E-state index >= 15 is 0 Å². The molecule has 0 fully saturated rings. The smallest absolute Gasteiger partial charge is 0.164 e. The average molecular weight is 985 g/mol. The van der Waals surface area contributed by atoms with Crippen molar-refractivity contribution in [1.82, 2.24) is 4.98 Å². The number of nitrogens with zero attached hydrogens (tertiary/aromatic N) is 1. The van der Waals surface area contributed by atoms with Crippen LogP contribution in [0.3, 0.4) is 0 Å². The quantitative estimate of drug-likeness (QED) is 0.0754. The van der Waals surface area contributed by atoms with Gasteiger partial charge in [0.05, 0.1) is 5.52 Å². The van der Waals surface area contributed by atoms with Crippen LogP contribution in [0.4, 0.5) is 0 Å². The molecule has 0 bridgehead atoms. The van der Waals surface area contributed by atoms with E-state index in [1.165, 1.54) is 39.3 Å². The standard InChI is InChI=1S/C40H42NO.C15H28O2.Ir/c1-23(2)27-19-31(24(3)4)37(32(20-27)25(5)6)36-22-33-38(41-35-17-13-12-16-30(35)39(33)42-36)28-18-26-14-10-11-15-29(26)34(21-28)40(7,8)9;1-7-14(5,8-2)12(16)11-13(17)15(6,9-3)10-4;/h10-17,19-25H,1-9H3;11,16H,7-10H2,1-6H3;/q-1;;/b;12-11-;. The van der Waals surface area contributed by atoms with Gasteiger partial charge >= 0.3 is 0 Å². The minimum atomic E-state index is -0.337. The van der Waals surface area contributed by atoms with Crippen molar-refractivity contribution in [3.8, 4) is 22.6 Å². The van der Waals surface area contributed by atoms with Crippen molar-refractivity contribution in [3.63, 3.8) is 0 Å². The molecule has 6 aromatic rings. The summed E-state index contributed by atoms with van der Waals surface area (Å²) in [6, 6.07) is 30.0. The molecule has 4 aromatic carbocycles. The van der Waals surface area contributed by atoms with E-state index < -0.39 is 0 Å². The third-order valence-corrected chi connectivity index (χ3v) is 13.2. The van der Waals surface area contributed by atoms with Crippen molar-refractivity contribution < 1.29 is 34.4 Å². The molecule has 0 aliphatic carbocycles. The first kappa shape index (κ1) is 48.6. The van der Waals surface area contributed by atoms with Crippen LogP contribution in [0.2, 0.25) is 0 Å². The van der Waals surface area contributed by atoms with Gasteiger partial charge in [0, 0.05) is 59.0 Å². The van der Waals surface area contributed by atoms with Gasteiger partial charge in [-0.2, -0.15) is 0 Å². The number of aliphatic hydroxyl groups is 1. The molecule has 0 spiro atoms. The van der Waals surface area contributed by atoms with E-state index in [-0.39, 0.29) is 47.9 Å². The Kier molecular flexibility index (Phi) is 15.7. The molecule has 0 unspecified atom stereocenters. The maximum Gasteiger partial charge on any atom is 0.164 e. The minimum Gasteiger partial charge on any atom is -0.512 e. The molecule has 0 atom stereocenters. The van der Waals surface area contributed by atoms with E-state index in [4.69, 9.17) is 9.40 Å². The van der Waals surface area contributed by atoms with E-state index in [1.54, 1.807) is 0 Å². The number of carbonyl (C=O) groups is 1. The van der Waals surface area contributed by atoms with Gasteiger partial charge in [-0.25, -0.2) is 0 Å². The molecule has 2 aromatic heterocycles. The molecular weight excluding hydrogens is 915 g/mol. The Hall–Kier alpha value is -4.05. The number of aromatic nitrogens is 1. The number of carbonyl (C=O) groups excluding carboxylic acids is 1. The monoisotopic (exact) mass is 985 g/mol. The van der Waals surface area contributed by atoms with Crippen molar-refractivity contribution in [2.45, 2.75) is 153 Å². The van der Waals surface area contributed by atoms with E-state index in [0.29, 0.717) is 17.8 Å². The van der Waals surface area contributed by atoms with Crippen LogP contribution in [0.1, 0.15) is 170 Å². The fourth-order valence-electron chi connectivity index (χ4n) is 7.94. The number of hydrogen-bond acceptors (Lipinski definition) is 4. The second-order valence-electron chi connectivity index (χ2n) is 19.2. The van der Waals surface area contributed by atoms with E-state index in [9.17, 15) is 9.90 Å². The number of allylic oxidation sites excluding steroid dienone is 2. The van der Waals surface area contributed by atoms with Crippen LogP contribution in [0.5, 0.6) is 0 Å². The number of pyridine rings is 1. The van der Waals surface area contributed by atoms with Gasteiger partial charge < -0.3 is 9.52 Å². The molecule has 6 rings (SSSR count). The topological polar surface area (TPSA) is 63.3 Å². The number of rotatable bonds is 12. The zero-order valence-corrected chi connectivity index (χ0v) is 41.5. The molecule has 1 radical (unpaired) electrons. The summed E-state index contributed by atoms with van der Waals surface area (Å²) in [6.45, 7) is 32.6. The third-order valence-electron chi connectivity index (χ3n) is 13.2. The first-order chi connectivity index (χ1) is 27.7. The van der Waals surface area contributed by atoms with Crippen LogP contribution in [-0.2, 0) is 30.3 Å². The Morgan fingerprint density at radius 2 is 1.25 bits per heavy atom. The molecule has 4 nitrogen and oxygen atoms in total. The van der Waals surface area contributed by atoms with Gasteiger partial charge in [0.15, 0.2) is 5.78 Å². The first-order valence-electron chi connectivity index (χ1n) is 22.1. The first-order valence-corrected chi connectivity index (χ1v) is 22.1. The number of fused-ring (bicyclic) bond motifs is 4. The summed E-state index contributed by atoms with van der Waals surface area (Å²) in [4.78, 5) is 17.5. The minimum absolute atomic E-state index is 0. The van der Waals surface area contributed by atoms with Gasteiger partial charge in [-0.15, -0.1) is 29.1 Å². The zero-order chi connectivity index (χ0) is 43.6. The van der Waals surface area contributed by atoms with Gasteiger partial charge in [-0.05, 0) is 83.7 Å². The SMILES string of the molecule is CC(C)c1cc(C(C)C)c(-c2cc3c(-c4[c-]c5ccccc5c(C(C)(C)C)c4)nc4ccccc4c3o2)c(C(C)C)c1.CCC(C)(CC)C(=O)/C=C(\O)C(C)(CC)CC.[Ir]. The van der Waals surface area contributed by atoms with Crippen molar-refractivity contribution in [2.75, 3.05) is 0 Å². The third kappa shape index (κ3) is 9.85. The van der Waals surface area contributed by atoms with Crippen molar-refractivity contribution in [1.29, 1.82) is 0 Å². The molecule has 60 heavy (non-hydrogen) atoms. The second kappa shape index (κ2) is 19.3. The number of hydrogen-bond donors (Lipinski definition) is 1. The van der Waals surface area contributed by atoms with Gasteiger partial charge in [0.2, 0.25) is 0 Å². The number of ketones is 1. The van der Waals surface area contributed by atoms with Gasteiger partial charge in [-0.1, -0.05) is 157 Å². The van der Waals surface area contributed by atoms with Gasteiger partial charge in [0.1, 0.15) is 17.1 Å². The molecule has 0 amide bonds. The van der Waals surface area contributed by atoms with E-state index in [2.05, 4.69) is 141 Å². The molecule has 0 aliphatic heterocycles. The Bertz CT molecular complexity index is 2440. The Morgan fingerprint density at radius 3 is 1.77 bits per heavy atom. The molecule has 0 aliphatic rings. The molecule has 0 saturated heterocycles. The fraction of sp³-hybridized carbons (Fsp3) is 0.455. The van der Waals surface area contributed by atoms with E-state index in [1.807, 2.05) is 41.5 Å². The maximum atomic E-state index is 12.2. The van der Waals surface area contributed by atoms with Crippen LogP contribution < -0.4 is 0 Å². The summed E-state index contributed by atoms with van der Waals surface area (Å²) in [7, 11) is 0. The summed E-state index contributed by atoms with van der Waals surface area (Å²) in [5.41, 5.74) is 9.72. The Morgan fingerprint density at radius 1 is 0.717 bits per heavy atom. The van der Waals surface area contributed by atoms with Crippen LogP contribution in [0, 0.1) is 16.9 Å². The molecule has 2 heterocycles. The van der Waals surface area contributed by atoms with Crippen LogP contribution >= 0.6 is 0 Å². The maximum absolute atomic E-state index is 12.2. The Balaban J connectivity index is 0.000000376. The molecular formula is C55H70IrNO3-. The van der Waals surface area contributed by atoms with Gasteiger partial charge in [0.25, 0.3) is 0 Å². The van der Waals surface area contributed by atoms with Crippen molar-refractivity contribution in [3.05, 3.63) is 113 Å². The molecule has 1 N–H and O–H groups in total. The normalized spacial score (nSPS) is 12.7. The fourth-order valence-corrected chi connectivity index (χ4v) is 7.94. The number of furan rings is 1. The Labute approximate surface area is 375 Å². The number of aliphatic hydroxyl groups excluding tert-OH is 1. The summed E-state index contributed by atoms with van der Waals surface area (Å²) < 4.78 is 6.94.